The van der Waals surface area contributed by atoms with Gasteiger partial charge in [-0.1, -0.05) is 124 Å². The van der Waals surface area contributed by atoms with Crippen molar-refractivity contribution in [2.45, 2.75) is 76.2 Å². The summed E-state index contributed by atoms with van der Waals surface area (Å²) in [6.07, 6.45) is 8.92. The van der Waals surface area contributed by atoms with E-state index in [1.807, 2.05) is 24.3 Å². The van der Waals surface area contributed by atoms with Gasteiger partial charge in [0.2, 0.25) is 0 Å². The zero-order chi connectivity index (χ0) is 32.7. The molecule has 4 aromatic rings. The Morgan fingerprint density at radius 2 is 1.57 bits per heavy atom. The van der Waals surface area contributed by atoms with Gasteiger partial charge in [0.1, 0.15) is 0 Å². The summed E-state index contributed by atoms with van der Waals surface area (Å²) in [4.78, 5) is 12.0. The van der Waals surface area contributed by atoms with Crippen LogP contribution in [0, 0.1) is 11.8 Å². The molecule has 0 amide bonds. The molecule has 46 heavy (non-hydrogen) atoms. The molecule has 242 valence electrons. The highest BCUT2D eigenvalue weighted by Gasteiger charge is 2.51. The van der Waals surface area contributed by atoms with E-state index in [1.54, 1.807) is 11.3 Å². The number of hydrogen-bond acceptors (Lipinski definition) is 5. The first-order valence-corrected chi connectivity index (χ1v) is 19.0. The first kappa shape index (κ1) is 34.0. The second-order valence-electron chi connectivity index (χ2n) is 13.4. The topological polar surface area (TPSA) is 87.0 Å². The molecule has 1 aliphatic rings. The van der Waals surface area contributed by atoms with Crippen LogP contribution in [0.3, 0.4) is 0 Å². The summed E-state index contributed by atoms with van der Waals surface area (Å²) in [7, 11) is -2.92. The Hall–Kier alpha value is -3.33. The molecule has 1 aromatic heterocycles. The van der Waals surface area contributed by atoms with Crippen molar-refractivity contribution in [3.8, 4) is 0 Å². The van der Waals surface area contributed by atoms with Gasteiger partial charge in [-0.05, 0) is 58.1 Å². The molecule has 5 atom stereocenters. The maximum Gasteiger partial charge on any atom is 0.303 e. The summed E-state index contributed by atoms with van der Waals surface area (Å²) < 4.78 is 8.85. The van der Waals surface area contributed by atoms with Gasteiger partial charge < -0.3 is 19.7 Å². The molecular formula is C39H46O5SSi. The zero-order valence-electron chi connectivity index (χ0n) is 27.0. The Balaban J connectivity index is 1.54. The van der Waals surface area contributed by atoms with Crippen LogP contribution in [-0.2, 0) is 9.22 Å². The normalized spacial score (nSPS) is 21.4. The van der Waals surface area contributed by atoms with Gasteiger partial charge in [0.05, 0.1) is 18.3 Å². The van der Waals surface area contributed by atoms with Crippen LogP contribution in [0.4, 0.5) is 0 Å². The van der Waals surface area contributed by atoms with Crippen molar-refractivity contribution in [3.05, 3.63) is 120 Å². The van der Waals surface area contributed by atoms with Crippen molar-refractivity contribution in [1.29, 1.82) is 0 Å². The molecule has 1 fully saturated rings. The van der Waals surface area contributed by atoms with Crippen LogP contribution in [0.15, 0.2) is 115 Å². The predicted molar refractivity (Wildman–Crippen MR) is 191 cm³/mol. The third kappa shape index (κ3) is 7.62. The molecule has 7 heteroatoms. The molecule has 1 heterocycles. The summed E-state index contributed by atoms with van der Waals surface area (Å²) in [5.41, 5.74) is 0. The van der Waals surface area contributed by atoms with E-state index in [0.29, 0.717) is 25.7 Å². The number of benzene rings is 3. The second kappa shape index (κ2) is 15.0. The van der Waals surface area contributed by atoms with Gasteiger partial charge in [-0.25, -0.2) is 0 Å². The summed E-state index contributed by atoms with van der Waals surface area (Å²) >= 11 is 1.74. The number of carboxylic acids is 1. The molecule has 0 radical (unpaired) electrons. The summed E-state index contributed by atoms with van der Waals surface area (Å²) in [5.74, 6) is -1.17. The first-order chi connectivity index (χ1) is 22.1. The molecular weight excluding hydrogens is 609 g/mol. The summed E-state index contributed by atoms with van der Waals surface area (Å²) in [6, 6.07) is 31.9. The highest BCUT2D eigenvalue weighted by Crippen LogP contribution is 2.43. The maximum atomic E-state index is 11.1. The average Bonchev–Trinajstić information content (AvgIpc) is 3.58. The quantitative estimate of drug-likeness (QED) is 0.0784. The Morgan fingerprint density at radius 1 is 0.935 bits per heavy atom. The highest BCUT2D eigenvalue weighted by atomic mass is 32.1. The van der Waals surface area contributed by atoms with Crippen LogP contribution in [0.5, 0.6) is 0 Å². The van der Waals surface area contributed by atoms with Gasteiger partial charge in [-0.15, -0.1) is 11.3 Å². The maximum absolute atomic E-state index is 11.1. The van der Waals surface area contributed by atoms with E-state index >= 15 is 0 Å². The van der Waals surface area contributed by atoms with Gasteiger partial charge in [0.15, 0.2) is 0 Å². The lowest BCUT2D eigenvalue weighted by Gasteiger charge is -2.44. The van der Waals surface area contributed by atoms with Crippen molar-refractivity contribution >= 4 is 46.1 Å². The molecule has 5 nitrogen and oxygen atoms in total. The van der Waals surface area contributed by atoms with Crippen molar-refractivity contribution in [3.63, 3.8) is 0 Å². The van der Waals surface area contributed by atoms with E-state index in [1.165, 1.54) is 20.5 Å². The molecule has 3 aromatic carbocycles. The molecule has 1 saturated carbocycles. The molecule has 1 aliphatic carbocycles. The van der Waals surface area contributed by atoms with Crippen molar-refractivity contribution in [2.75, 3.05) is 0 Å². The molecule has 3 N–H and O–H groups in total. The molecule has 0 aliphatic heterocycles. The van der Waals surface area contributed by atoms with Gasteiger partial charge in [-0.3, -0.25) is 4.79 Å². The predicted octanol–water partition coefficient (Wildman–Crippen LogP) is 7.63. The number of carboxylic acid groups (broad SMARTS) is 1. The van der Waals surface area contributed by atoms with Crippen molar-refractivity contribution < 1.29 is 24.5 Å². The van der Waals surface area contributed by atoms with Gasteiger partial charge in [0, 0.05) is 28.3 Å². The van der Waals surface area contributed by atoms with E-state index in [9.17, 15) is 15.0 Å². The number of allylic oxidation sites excluding steroid dienone is 2. The van der Waals surface area contributed by atoms with Gasteiger partial charge in [0.25, 0.3) is 8.32 Å². The molecule has 5 rings (SSSR count). The molecule has 0 spiro atoms. The van der Waals surface area contributed by atoms with Crippen LogP contribution in [0.25, 0.3) is 10.1 Å². The first-order valence-electron chi connectivity index (χ1n) is 16.3. The largest absolute Gasteiger partial charge is 0.481 e. The third-order valence-corrected chi connectivity index (χ3v) is 15.4. The minimum atomic E-state index is -2.92. The number of aliphatic hydroxyl groups excluding tert-OH is 2. The molecule has 0 saturated heterocycles. The highest BCUT2D eigenvalue weighted by molar-refractivity contribution is 7.19. The number of rotatable bonds is 13. The Labute approximate surface area is 278 Å². The number of fused-ring (bicyclic) bond motifs is 1. The molecule has 0 unspecified atom stereocenters. The second-order valence-corrected chi connectivity index (χ2v) is 18.7. The minimum absolute atomic E-state index is 0.141. The van der Waals surface area contributed by atoms with Gasteiger partial charge in [-0.2, -0.15) is 0 Å². The van der Waals surface area contributed by atoms with Crippen LogP contribution in [-0.4, -0.2) is 41.8 Å². The van der Waals surface area contributed by atoms with Crippen molar-refractivity contribution in [1.82, 2.24) is 0 Å². The lowest BCUT2D eigenvalue weighted by molar-refractivity contribution is -0.137. The van der Waals surface area contributed by atoms with E-state index in [2.05, 4.69) is 112 Å². The summed E-state index contributed by atoms with van der Waals surface area (Å²) in [5, 5.41) is 34.3. The SMILES string of the molecule is CC(C)(C)[Si](O[C@H](C=C[C@@H]1[C@@H](CC=CCCCC(=O)O)[C@@H](O)C[C@H]1O)c1cc2ccccc2s1)(c1ccccc1)c1ccccc1. The fourth-order valence-corrected chi connectivity index (χ4v) is 12.7. The zero-order valence-corrected chi connectivity index (χ0v) is 28.8. The van der Waals surface area contributed by atoms with Crippen LogP contribution >= 0.6 is 11.3 Å². The number of hydrogen-bond donors (Lipinski definition) is 3. The number of thiophene rings is 1. The van der Waals surface area contributed by atoms with E-state index in [0.717, 1.165) is 4.88 Å². The third-order valence-electron chi connectivity index (χ3n) is 9.21. The Morgan fingerprint density at radius 3 is 2.17 bits per heavy atom. The van der Waals surface area contributed by atoms with Gasteiger partial charge >= 0.3 is 5.97 Å². The van der Waals surface area contributed by atoms with E-state index in [4.69, 9.17) is 9.53 Å². The Bertz CT molecular complexity index is 1550. The van der Waals surface area contributed by atoms with Crippen molar-refractivity contribution in [2.24, 2.45) is 11.8 Å². The standard InChI is InChI=1S/C39H46O5SSi/c1-39(2,3)46(29-17-8-6-9-18-29,30-19-10-7-11-20-30)44-35(37-26-28-16-14-15-22-36(28)45-37)25-24-32-31(33(40)27-34(32)41)21-12-4-5-13-23-38(42)43/h4,6-12,14-20,22,24-26,31-35,40-41H,5,13,21,23,27H2,1-3H3,(H,42,43)/t31-,32-,33+,34-,35-/m1/s1. The van der Waals surface area contributed by atoms with E-state index < -0.39 is 26.5 Å². The monoisotopic (exact) mass is 654 g/mol. The lowest BCUT2D eigenvalue weighted by atomic mass is 9.89. The van der Waals surface area contributed by atoms with Crippen LogP contribution in [0.1, 0.15) is 63.9 Å². The Kier molecular flexibility index (Phi) is 11.1. The number of unbranched alkanes of at least 4 members (excludes halogenated alkanes) is 1. The summed E-state index contributed by atoms with van der Waals surface area (Å²) in [6.45, 7) is 6.84. The number of carbonyl (C=O) groups is 1. The van der Waals surface area contributed by atoms with E-state index in [-0.39, 0.29) is 29.4 Å². The minimum Gasteiger partial charge on any atom is -0.481 e. The van der Waals surface area contributed by atoms with Crippen LogP contribution < -0.4 is 10.4 Å². The fraction of sp³-hybridized carbons (Fsp3) is 0.359. The smallest absolute Gasteiger partial charge is 0.303 e. The average molecular weight is 655 g/mol. The number of aliphatic hydroxyl groups is 2. The van der Waals surface area contributed by atoms with Crippen LogP contribution in [0.2, 0.25) is 5.04 Å². The molecule has 0 bridgehead atoms. The fourth-order valence-electron chi connectivity index (χ4n) is 6.89. The number of aliphatic carboxylic acids is 1. The lowest BCUT2D eigenvalue weighted by Crippen LogP contribution is -2.66.